The van der Waals surface area contributed by atoms with Crippen LogP contribution in [0.2, 0.25) is 0 Å². The van der Waals surface area contributed by atoms with Crippen molar-refractivity contribution in [1.29, 1.82) is 0 Å². The molecular weight excluding hydrogens is 426 g/mol. The molecule has 164 valence electrons. The maximum Gasteiger partial charge on any atom is 0.213 e. The fraction of sp³-hybridized carbons (Fsp3) is 0.200. The molecule has 7 heteroatoms. The van der Waals surface area contributed by atoms with Gasteiger partial charge in [-0.1, -0.05) is 36.3 Å². The second-order valence-corrected chi connectivity index (χ2v) is 9.01. The minimum atomic E-state index is -3.68. The van der Waals surface area contributed by atoms with Crippen LogP contribution in [-0.4, -0.2) is 22.6 Å². The second kappa shape index (κ2) is 8.58. The van der Waals surface area contributed by atoms with E-state index < -0.39 is 16.1 Å². The highest BCUT2D eigenvalue weighted by Crippen LogP contribution is 2.47. The van der Waals surface area contributed by atoms with Gasteiger partial charge in [0.05, 0.1) is 20.0 Å². The number of hydrogen-bond acceptors (Lipinski definition) is 5. The molecule has 0 saturated carbocycles. The number of rotatable bonds is 5. The quantitative estimate of drug-likeness (QED) is 0.595. The molecule has 0 radical (unpaired) electrons. The van der Waals surface area contributed by atoms with Crippen molar-refractivity contribution in [3.05, 3.63) is 76.9 Å². The van der Waals surface area contributed by atoms with Crippen LogP contribution in [0.25, 0.3) is 11.1 Å². The van der Waals surface area contributed by atoms with E-state index in [2.05, 4.69) is 11.8 Å². The Morgan fingerprint density at radius 3 is 2.50 bits per heavy atom. The van der Waals surface area contributed by atoms with E-state index in [1.807, 2.05) is 48.5 Å². The molecule has 0 spiro atoms. The number of ether oxygens (including phenoxy) is 3. The van der Waals surface area contributed by atoms with Crippen LogP contribution in [0.3, 0.4) is 0 Å². The molecule has 1 heterocycles. The predicted octanol–water partition coefficient (Wildman–Crippen LogP) is 4.01. The van der Waals surface area contributed by atoms with E-state index in [4.69, 9.17) is 19.3 Å². The molecule has 0 aliphatic carbocycles. The number of sulfonamides is 1. The molecule has 6 nitrogen and oxygen atoms in total. The summed E-state index contributed by atoms with van der Waals surface area (Å²) in [5, 5.41) is 5.29. The topological polar surface area (TPSA) is 87.9 Å². The van der Waals surface area contributed by atoms with E-state index in [1.54, 1.807) is 27.2 Å². The summed E-state index contributed by atoms with van der Waals surface area (Å²) in [5.41, 5.74) is 4.92. The molecule has 4 rings (SSSR count). The van der Waals surface area contributed by atoms with Crippen LogP contribution >= 0.6 is 0 Å². The monoisotopic (exact) mass is 449 g/mol. The molecule has 3 aromatic carbocycles. The largest absolute Gasteiger partial charge is 0.493 e. The third-order valence-electron chi connectivity index (χ3n) is 5.28. The van der Waals surface area contributed by atoms with Gasteiger partial charge in [-0.15, -0.1) is 5.92 Å². The first-order valence-electron chi connectivity index (χ1n) is 9.92. The molecule has 3 aromatic rings. The van der Waals surface area contributed by atoms with Gasteiger partial charge in [0.1, 0.15) is 11.9 Å². The average molecular weight is 450 g/mol. The third-order valence-corrected chi connectivity index (χ3v) is 6.01. The Kier molecular flexibility index (Phi) is 5.83. The number of hydrogen-bond donors (Lipinski definition) is 1. The minimum absolute atomic E-state index is 0.262. The average Bonchev–Trinajstić information content (AvgIpc) is 2.77. The number of primary sulfonamides is 1. The van der Waals surface area contributed by atoms with Gasteiger partial charge in [-0.25, -0.2) is 13.6 Å². The Bertz CT molecular complexity index is 1350. The smallest absolute Gasteiger partial charge is 0.213 e. The Hall–Kier alpha value is -3.47. The first-order valence-corrected chi connectivity index (χ1v) is 11.6. The van der Waals surface area contributed by atoms with Gasteiger partial charge in [-0.3, -0.25) is 0 Å². The van der Waals surface area contributed by atoms with Gasteiger partial charge in [-0.05, 0) is 42.3 Å². The van der Waals surface area contributed by atoms with Crippen molar-refractivity contribution in [3.8, 4) is 40.2 Å². The standard InChI is InChI=1S/C25H23NO5S/c1-4-6-17-7-5-8-22-24(17)19-11-9-16(15-32(26,27)28)13-20(19)25(31-22)18-10-12-21(29-2)23(14-18)30-3/h5,7-14,25H,15H2,1-3H3,(H2,26,27,28). The Labute approximate surface area is 188 Å². The van der Waals surface area contributed by atoms with Crippen molar-refractivity contribution >= 4 is 10.0 Å². The second-order valence-electron chi connectivity index (χ2n) is 7.39. The van der Waals surface area contributed by atoms with Crippen LogP contribution in [0, 0.1) is 11.8 Å². The van der Waals surface area contributed by atoms with E-state index in [0.717, 1.165) is 27.8 Å². The molecule has 0 saturated heterocycles. The molecule has 32 heavy (non-hydrogen) atoms. The van der Waals surface area contributed by atoms with Gasteiger partial charge in [0.25, 0.3) is 0 Å². The highest BCUT2D eigenvalue weighted by Gasteiger charge is 2.30. The van der Waals surface area contributed by atoms with Crippen LogP contribution in [0.15, 0.2) is 54.6 Å². The molecule has 0 bridgehead atoms. The summed E-state index contributed by atoms with van der Waals surface area (Å²) in [5.74, 6) is 7.71. The van der Waals surface area contributed by atoms with E-state index in [1.165, 1.54) is 0 Å². The van der Waals surface area contributed by atoms with Crippen molar-refractivity contribution in [2.24, 2.45) is 5.14 Å². The van der Waals surface area contributed by atoms with Gasteiger partial charge < -0.3 is 14.2 Å². The lowest BCUT2D eigenvalue weighted by Gasteiger charge is -2.30. The Balaban J connectivity index is 1.94. The molecule has 0 amide bonds. The molecule has 1 atom stereocenters. The van der Waals surface area contributed by atoms with Gasteiger partial charge >= 0.3 is 0 Å². The zero-order chi connectivity index (χ0) is 22.9. The lowest BCUT2D eigenvalue weighted by Crippen LogP contribution is -2.18. The van der Waals surface area contributed by atoms with Gasteiger partial charge in [-0.2, -0.15) is 0 Å². The Morgan fingerprint density at radius 1 is 1.03 bits per heavy atom. The van der Waals surface area contributed by atoms with Crippen molar-refractivity contribution in [2.75, 3.05) is 14.2 Å². The van der Waals surface area contributed by atoms with Gasteiger partial charge in [0, 0.05) is 22.3 Å². The molecular formula is C25H23NO5S. The highest BCUT2D eigenvalue weighted by atomic mass is 32.2. The van der Waals surface area contributed by atoms with E-state index in [-0.39, 0.29) is 5.75 Å². The van der Waals surface area contributed by atoms with Gasteiger partial charge in [0.15, 0.2) is 11.5 Å². The molecule has 0 aromatic heterocycles. The number of fused-ring (bicyclic) bond motifs is 3. The van der Waals surface area contributed by atoms with E-state index >= 15 is 0 Å². The number of nitrogens with two attached hydrogens (primary N) is 1. The maximum atomic E-state index is 11.7. The van der Waals surface area contributed by atoms with Crippen LogP contribution in [0.5, 0.6) is 17.2 Å². The van der Waals surface area contributed by atoms with Crippen LogP contribution in [0.1, 0.15) is 35.3 Å². The minimum Gasteiger partial charge on any atom is -0.493 e. The molecule has 1 unspecified atom stereocenters. The summed E-state index contributed by atoms with van der Waals surface area (Å²) in [6.45, 7) is 1.78. The van der Waals surface area contributed by atoms with Crippen molar-refractivity contribution in [1.82, 2.24) is 0 Å². The fourth-order valence-electron chi connectivity index (χ4n) is 3.98. The molecule has 1 aliphatic heterocycles. The van der Waals surface area contributed by atoms with Gasteiger partial charge in [0.2, 0.25) is 10.0 Å². The van der Waals surface area contributed by atoms with E-state index in [9.17, 15) is 8.42 Å². The third kappa shape index (κ3) is 4.15. The normalized spacial score (nSPS) is 14.3. The zero-order valence-electron chi connectivity index (χ0n) is 18.0. The summed E-state index contributed by atoms with van der Waals surface area (Å²) in [4.78, 5) is 0. The Morgan fingerprint density at radius 2 is 1.81 bits per heavy atom. The first kappa shape index (κ1) is 21.8. The maximum absolute atomic E-state index is 11.7. The van der Waals surface area contributed by atoms with Crippen molar-refractivity contribution in [2.45, 2.75) is 18.8 Å². The zero-order valence-corrected chi connectivity index (χ0v) is 18.8. The van der Waals surface area contributed by atoms with Crippen LogP contribution < -0.4 is 19.3 Å². The molecule has 1 aliphatic rings. The predicted molar refractivity (Wildman–Crippen MR) is 123 cm³/mol. The molecule has 0 fully saturated rings. The lowest BCUT2D eigenvalue weighted by molar-refractivity contribution is 0.242. The summed E-state index contributed by atoms with van der Waals surface area (Å²) in [6, 6.07) is 16.9. The summed E-state index contributed by atoms with van der Waals surface area (Å²) in [6.07, 6.45) is -0.484. The van der Waals surface area contributed by atoms with E-state index in [0.29, 0.717) is 22.8 Å². The number of benzene rings is 3. The highest BCUT2D eigenvalue weighted by molar-refractivity contribution is 7.88. The summed E-state index contributed by atoms with van der Waals surface area (Å²) < 4.78 is 40.7. The van der Waals surface area contributed by atoms with Crippen LogP contribution in [0.4, 0.5) is 0 Å². The van der Waals surface area contributed by atoms with Crippen LogP contribution in [-0.2, 0) is 15.8 Å². The number of methoxy groups -OCH3 is 2. The lowest BCUT2D eigenvalue weighted by atomic mass is 9.86. The molecule has 2 N–H and O–H groups in total. The first-order chi connectivity index (χ1) is 15.3. The van der Waals surface area contributed by atoms with Crippen molar-refractivity contribution in [3.63, 3.8) is 0 Å². The fourth-order valence-corrected chi connectivity index (χ4v) is 4.62. The SMILES string of the molecule is CC#Cc1cccc2c1-c1ccc(CS(N)(=O)=O)cc1C(c1ccc(OC)c(OC)c1)O2. The summed E-state index contributed by atoms with van der Waals surface area (Å²) >= 11 is 0. The summed E-state index contributed by atoms with van der Waals surface area (Å²) in [7, 11) is -0.527. The van der Waals surface area contributed by atoms with Crippen molar-refractivity contribution < 1.29 is 22.6 Å².